The van der Waals surface area contributed by atoms with Gasteiger partial charge in [0.25, 0.3) is 5.91 Å². The first kappa shape index (κ1) is 19.0. The first-order valence-corrected chi connectivity index (χ1v) is 8.77. The molecule has 0 aliphatic rings. The molecule has 0 bridgehead atoms. The lowest BCUT2D eigenvalue weighted by atomic mass is 10.0. The van der Waals surface area contributed by atoms with Crippen LogP contribution in [0.25, 0.3) is 0 Å². The summed E-state index contributed by atoms with van der Waals surface area (Å²) in [6.07, 6.45) is 1.37. The van der Waals surface area contributed by atoms with Crippen molar-refractivity contribution in [2.75, 3.05) is 13.7 Å². The molecule has 2 aromatic carbocycles. The molecule has 0 spiro atoms. The first-order valence-electron chi connectivity index (χ1n) is 8.77. The van der Waals surface area contributed by atoms with Crippen LogP contribution in [0, 0.1) is 0 Å². The molecule has 0 heterocycles. The van der Waals surface area contributed by atoms with E-state index in [-0.39, 0.29) is 11.9 Å². The van der Waals surface area contributed by atoms with Crippen LogP contribution in [0.4, 0.5) is 0 Å². The van der Waals surface area contributed by atoms with Crippen LogP contribution in [0.3, 0.4) is 0 Å². The molecule has 2 aromatic rings. The van der Waals surface area contributed by atoms with Crippen molar-refractivity contribution in [1.82, 2.24) is 4.90 Å². The summed E-state index contributed by atoms with van der Waals surface area (Å²) in [7, 11) is 1.71. The third-order valence-electron chi connectivity index (χ3n) is 4.40. The van der Waals surface area contributed by atoms with Gasteiger partial charge in [-0.1, -0.05) is 43.7 Å². The average Bonchev–Trinajstić information content (AvgIpc) is 2.67. The van der Waals surface area contributed by atoms with Crippen LogP contribution in [0.5, 0.6) is 5.75 Å². The van der Waals surface area contributed by atoms with Gasteiger partial charge in [-0.25, -0.2) is 0 Å². The largest absolute Gasteiger partial charge is 0.494 e. The molecule has 0 aliphatic heterocycles. The molecule has 0 saturated carbocycles. The maximum atomic E-state index is 12.7. The highest BCUT2D eigenvalue weighted by Gasteiger charge is 2.24. The summed E-state index contributed by atoms with van der Waals surface area (Å²) in [6.45, 7) is 4.65. The lowest BCUT2D eigenvalue weighted by Gasteiger charge is -2.29. The SMILES string of the molecule is CCCCOc1ccc(C(=O)N(C)C(C)C(O)c2ccccc2)cc1. The smallest absolute Gasteiger partial charge is 0.253 e. The maximum Gasteiger partial charge on any atom is 0.253 e. The molecular weight excluding hydrogens is 314 g/mol. The van der Waals surface area contributed by atoms with Crippen molar-refractivity contribution >= 4 is 5.91 Å². The van der Waals surface area contributed by atoms with E-state index in [2.05, 4.69) is 6.92 Å². The number of amides is 1. The van der Waals surface area contributed by atoms with Gasteiger partial charge < -0.3 is 14.7 Å². The predicted molar refractivity (Wildman–Crippen MR) is 99.8 cm³/mol. The van der Waals surface area contributed by atoms with Gasteiger partial charge in [0.1, 0.15) is 5.75 Å². The van der Waals surface area contributed by atoms with Gasteiger partial charge in [-0.15, -0.1) is 0 Å². The van der Waals surface area contributed by atoms with E-state index in [1.165, 1.54) is 0 Å². The lowest BCUT2D eigenvalue weighted by molar-refractivity contribution is 0.0487. The van der Waals surface area contributed by atoms with E-state index in [9.17, 15) is 9.90 Å². The monoisotopic (exact) mass is 341 g/mol. The Morgan fingerprint density at radius 3 is 2.36 bits per heavy atom. The number of ether oxygens (including phenoxy) is 1. The summed E-state index contributed by atoms with van der Waals surface area (Å²) in [4.78, 5) is 14.2. The zero-order valence-corrected chi connectivity index (χ0v) is 15.2. The number of unbranched alkanes of at least 4 members (excludes halogenated alkanes) is 1. The molecule has 2 unspecified atom stereocenters. The van der Waals surface area contributed by atoms with Crippen LogP contribution >= 0.6 is 0 Å². The highest BCUT2D eigenvalue weighted by Crippen LogP contribution is 2.22. The summed E-state index contributed by atoms with van der Waals surface area (Å²) < 4.78 is 5.62. The Labute approximate surface area is 150 Å². The van der Waals surface area contributed by atoms with E-state index in [4.69, 9.17) is 4.74 Å². The van der Waals surface area contributed by atoms with Gasteiger partial charge in [-0.3, -0.25) is 4.79 Å². The molecule has 134 valence electrons. The molecular formula is C21H27NO3. The Hall–Kier alpha value is -2.33. The van der Waals surface area contributed by atoms with Crippen molar-refractivity contribution in [3.63, 3.8) is 0 Å². The lowest BCUT2D eigenvalue weighted by Crippen LogP contribution is -2.39. The number of aliphatic hydroxyl groups is 1. The molecule has 1 N–H and O–H groups in total. The van der Waals surface area contributed by atoms with E-state index >= 15 is 0 Å². The molecule has 0 radical (unpaired) electrons. The van der Waals surface area contributed by atoms with Crippen molar-refractivity contribution in [3.8, 4) is 5.75 Å². The molecule has 0 aromatic heterocycles. The maximum absolute atomic E-state index is 12.7. The highest BCUT2D eigenvalue weighted by atomic mass is 16.5. The number of carbonyl (C=O) groups excluding carboxylic acids is 1. The van der Waals surface area contributed by atoms with Gasteiger partial charge >= 0.3 is 0 Å². The Balaban J connectivity index is 2.01. The Bertz CT molecular complexity index is 655. The summed E-state index contributed by atoms with van der Waals surface area (Å²) in [5, 5.41) is 10.5. The average molecular weight is 341 g/mol. The van der Waals surface area contributed by atoms with Gasteiger partial charge in [0.15, 0.2) is 0 Å². The van der Waals surface area contributed by atoms with Crippen LogP contribution in [-0.2, 0) is 0 Å². The molecule has 0 saturated heterocycles. The highest BCUT2D eigenvalue weighted by molar-refractivity contribution is 5.94. The fourth-order valence-electron chi connectivity index (χ4n) is 2.56. The van der Waals surface area contributed by atoms with E-state index in [0.717, 1.165) is 24.2 Å². The zero-order valence-electron chi connectivity index (χ0n) is 15.2. The van der Waals surface area contributed by atoms with Crippen LogP contribution in [-0.4, -0.2) is 35.6 Å². The van der Waals surface area contributed by atoms with Crippen LogP contribution in [0.2, 0.25) is 0 Å². The van der Waals surface area contributed by atoms with Gasteiger partial charge in [0.05, 0.1) is 18.8 Å². The van der Waals surface area contributed by atoms with Crippen LogP contribution in [0.15, 0.2) is 54.6 Å². The number of nitrogens with zero attached hydrogens (tertiary/aromatic N) is 1. The van der Waals surface area contributed by atoms with E-state index in [1.807, 2.05) is 49.4 Å². The van der Waals surface area contributed by atoms with Gasteiger partial charge in [0.2, 0.25) is 0 Å². The number of aliphatic hydroxyl groups excluding tert-OH is 1. The molecule has 2 rings (SSSR count). The van der Waals surface area contributed by atoms with Crippen molar-refractivity contribution in [2.24, 2.45) is 0 Å². The van der Waals surface area contributed by atoms with Crippen molar-refractivity contribution in [1.29, 1.82) is 0 Å². The van der Waals surface area contributed by atoms with E-state index < -0.39 is 6.10 Å². The number of likely N-dealkylation sites (N-methyl/N-ethyl adjacent to an activating group) is 1. The molecule has 4 heteroatoms. The second-order valence-electron chi connectivity index (χ2n) is 6.24. The summed E-state index contributed by atoms with van der Waals surface area (Å²) in [6, 6.07) is 16.2. The molecule has 0 fully saturated rings. The number of rotatable bonds is 8. The third kappa shape index (κ3) is 5.07. The normalized spacial score (nSPS) is 13.1. The Kier molecular flexibility index (Phi) is 7.02. The minimum absolute atomic E-state index is 0.123. The fourth-order valence-corrected chi connectivity index (χ4v) is 2.56. The van der Waals surface area contributed by atoms with Crippen molar-refractivity contribution < 1.29 is 14.6 Å². The van der Waals surface area contributed by atoms with Crippen molar-refractivity contribution in [2.45, 2.75) is 38.8 Å². The predicted octanol–water partition coefficient (Wildman–Crippen LogP) is 4.06. The minimum atomic E-state index is -0.730. The Morgan fingerprint density at radius 1 is 1.12 bits per heavy atom. The second kappa shape index (κ2) is 9.23. The molecule has 2 atom stereocenters. The topological polar surface area (TPSA) is 49.8 Å². The van der Waals surface area contributed by atoms with Crippen LogP contribution in [0.1, 0.15) is 48.7 Å². The zero-order chi connectivity index (χ0) is 18.2. The third-order valence-corrected chi connectivity index (χ3v) is 4.40. The molecule has 1 amide bonds. The molecule has 0 aliphatic carbocycles. The van der Waals surface area contributed by atoms with E-state index in [1.54, 1.807) is 24.1 Å². The minimum Gasteiger partial charge on any atom is -0.494 e. The number of hydrogen-bond acceptors (Lipinski definition) is 3. The number of benzene rings is 2. The van der Waals surface area contributed by atoms with Gasteiger partial charge in [0, 0.05) is 12.6 Å². The summed E-state index contributed by atoms with van der Waals surface area (Å²) >= 11 is 0. The molecule has 25 heavy (non-hydrogen) atoms. The van der Waals surface area contributed by atoms with E-state index in [0.29, 0.717) is 12.2 Å². The first-order chi connectivity index (χ1) is 12.0. The summed E-state index contributed by atoms with van der Waals surface area (Å²) in [5.41, 5.74) is 1.38. The number of hydrogen-bond donors (Lipinski definition) is 1. The van der Waals surface area contributed by atoms with Crippen LogP contribution < -0.4 is 4.74 Å². The van der Waals surface area contributed by atoms with Gasteiger partial charge in [-0.05, 0) is 43.2 Å². The molecule has 4 nitrogen and oxygen atoms in total. The standard InChI is InChI=1S/C21H27NO3/c1-4-5-15-25-19-13-11-18(12-14-19)21(24)22(3)16(2)20(23)17-9-7-6-8-10-17/h6-14,16,20,23H,4-5,15H2,1-3H3. The van der Waals surface area contributed by atoms with Crippen molar-refractivity contribution in [3.05, 3.63) is 65.7 Å². The number of carbonyl (C=O) groups is 1. The Morgan fingerprint density at radius 2 is 1.76 bits per heavy atom. The summed E-state index contributed by atoms with van der Waals surface area (Å²) in [5.74, 6) is 0.646. The quantitative estimate of drug-likeness (QED) is 0.737. The van der Waals surface area contributed by atoms with Gasteiger partial charge in [-0.2, -0.15) is 0 Å². The second-order valence-corrected chi connectivity index (χ2v) is 6.24. The fraction of sp³-hybridized carbons (Fsp3) is 0.381.